The molecule has 31 heavy (non-hydrogen) atoms. The summed E-state index contributed by atoms with van der Waals surface area (Å²) in [5.74, 6) is 0. The summed E-state index contributed by atoms with van der Waals surface area (Å²) in [6, 6.07) is 0. The summed E-state index contributed by atoms with van der Waals surface area (Å²) >= 11 is 0. The summed E-state index contributed by atoms with van der Waals surface area (Å²) in [4.78, 5) is 0. The quantitative estimate of drug-likeness (QED) is 0.107. The molecule has 0 aromatic heterocycles. The van der Waals surface area contributed by atoms with E-state index in [0.29, 0.717) is 12.8 Å². The maximum atomic E-state index is 13.1. The van der Waals surface area contributed by atoms with Gasteiger partial charge in [-0.1, -0.05) is 34.9 Å². The van der Waals surface area contributed by atoms with Crippen LogP contribution in [0.25, 0.3) is 0 Å². The zero-order valence-electron chi connectivity index (χ0n) is 20.4. The van der Waals surface area contributed by atoms with Gasteiger partial charge in [-0.2, -0.15) is 8.42 Å². The van der Waals surface area contributed by atoms with Crippen LogP contribution >= 0.6 is 7.60 Å². The van der Waals surface area contributed by atoms with Crippen molar-refractivity contribution >= 4 is 17.7 Å². The van der Waals surface area contributed by atoms with Crippen molar-refractivity contribution in [1.82, 2.24) is 0 Å². The highest BCUT2D eigenvalue weighted by Gasteiger charge is 2.56. The minimum Gasteiger partial charge on any atom is -0.308 e. The molecule has 0 bridgehead atoms. The lowest BCUT2D eigenvalue weighted by atomic mass is 10.1. The first kappa shape index (κ1) is 30.3. The van der Waals surface area contributed by atoms with E-state index in [-0.39, 0.29) is 19.6 Å². The lowest BCUT2D eigenvalue weighted by molar-refractivity contribution is 0.205. The van der Waals surface area contributed by atoms with Gasteiger partial charge in [0.25, 0.3) is 10.1 Å². The molecule has 1 N–H and O–H groups in total. The Morgan fingerprint density at radius 2 is 1.35 bits per heavy atom. The zero-order chi connectivity index (χ0) is 24.1. The maximum absolute atomic E-state index is 13.1. The molecule has 0 rings (SSSR count). The van der Waals surface area contributed by atoms with Gasteiger partial charge in [0.05, 0.1) is 13.2 Å². The van der Waals surface area contributed by atoms with Gasteiger partial charge in [0.1, 0.15) is 0 Å². The second kappa shape index (κ2) is 14.4. The normalized spacial score (nSPS) is 15.6. The van der Waals surface area contributed by atoms with E-state index in [9.17, 15) is 17.5 Å². The molecule has 1 atom stereocenters. The molecule has 0 heterocycles. The van der Waals surface area contributed by atoms with E-state index in [1.54, 1.807) is 13.8 Å². The highest BCUT2D eigenvalue weighted by Crippen LogP contribution is 2.63. The SMILES string of the molecule is CCOP(=O)(OCC)C(C)(CCC/C=C(\C)CC/C=C(\C)CCC=C(C)C)S(=O)(=O)O. The van der Waals surface area contributed by atoms with Crippen LogP contribution in [0.15, 0.2) is 34.9 Å². The van der Waals surface area contributed by atoms with Crippen LogP contribution in [0.2, 0.25) is 0 Å². The molecule has 182 valence electrons. The van der Waals surface area contributed by atoms with Gasteiger partial charge < -0.3 is 9.05 Å². The molecule has 0 aromatic rings. The van der Waals surface area contributed by atoms with E-state index in [0.717, 1.165) is 25.7 Å². The Morgan fingerprint density at radius 1 is 0.903 bits per heavy atom. The van der Waals surface area contributed by atoms with Crippen molar-refractivity contribution in [2.75, 3.05) is 13.2 Å². The third-order valence-corrected chi connectivity index (χ3v) is 10.5. The molecule has 0 amide bonds. The number of allylic oxidation sites excluding steroid dienone is 6. The van der Waals surface area contributed by atoms with Gasteiger partial charge >= 0.3 is 7.60 Å². The van der Waals surface area contributed by atoms with E-state index in [1.165, 1.54) is 23.6 Å². The Hall–Kier alpha value is -0.720. The number of hydrogen-bond donors (Lipinski definition) is 1. The van der Waals surface area contributed by atoms with Gasteiger partial charge in [-0.25, -0.2) is 0 Å². The van der Waals surface area contributed by atoms with E-state index in [4.69, 9.17) is 9.05 Å². The van der Waals surface area contributed by atoms with Crippen LogP contribution in [0, 0.1) is 0 Å². The van der Waals surface area contributed by atoms with Crippen LogP contribution in [0.1, 0.15) is 93.4 Å². The fourth-order valence-electron chi connectivity index (χ4n) is 3.17. The van der Waals surface area contributed by atoms with Crippen LogP contribution in [0.5, 0.6) is 0 Å². The number of unbranched alkanes of at least 4 members (excludes halogenated alkanes) is 1. The largest absolute Gasteiger partial charge is 0.353 e. The van der Waals surface area contributed by atoms with Crippen LogP contribution in [0.4, 0.5) is 0 Å². The Balaban J connectivity index is 4.88. The number of hydrogen-bond acceptors (Lipinski definition) is 5. The van der Waals surface area contributed by atoms with Crippen LogP contribution in [0.3, 0.4) is 0 Å². The standard InChI is InChI=1S/C23H43O6PS/c1-8-28-30(24,29-9-2)23(7,31(25,26)27)19-11-10-15-21(5)17-13-18-22(6)16-12-14-20(3)4/h14-15,18H,8-13,16-17,19H2,1-7H3,(H,25,26,27)/b21-15+,22-18+. The summed E-state index contributed by atoms with van der Waals surface area (Å²) in [6.07, 6.45) is 11.7. The first-order chi connectivity index (χ1) is 14.3. The van der Waals surface area contributed by atoms with Crippen molar-refractivity contribution in [1.29, 1.82) is 0 Å². The Morgan fingerprint density at radius 3 is 1.77 bits per heavy atom. The van der Waals surface area contributed by atoms with Gasteiger partial charge in [-0.05, 0) is 93.4 Å². The van der Waals surface area contributed by atoms with E-state index >= 15 is 0 Å². The van der Waals surface area contributed by atoms with Crippen molar-refractivity contribution in [2.24, 2.45) is 0 Å². The summed E-state index contributed by atoms with van der Waals surface area (Å²) in [5.41, 5.74) is 3.95. The topological polar surface area (TPSA) is 89.9 Å². The molecule has 0 radical (unpaired) electrons. The molecule has 0 aliphatic carbocycles. The summed E-state index contributed by atoms with van der Waals surface area (Å²) < 4.78 is 55.6. The molecule has 0 aliphatic heterocycles. The molecule has 0 saturated heterocycles. The molecule has 0 aromatic carbocycles. The van der Waals surface area contributed by atoms with Crippen LogP contribution < -0.4 is 0 Å². The average Bonchev–Trinajstić information content (AvgIpc) is 2.64. The lowest BCUT2D eigenvalue weighted by Gasteiger charge is -2.33. The predicted molar refractivity (Wildman–Crippen MR) is 130 cm³/mol. The zero-order valence-corrected chi connectivity index (χ0v) is 22.2. The fourth-order valence-corrected chi connectivity index (χ4v) is 6.76. The van der Waals surface area contributed by atoms with Gasteiger partial charge in [-0.15, -0.1) is 0 Å². The first-order valence-corrected chi connectivity index (χ1v) is 14.1. The minimum absolute atomic E-state index is 0.0176. The first-order valence-electron chi connectivity index (χ1n) is 11.1. The molecule has 0 aliphatic rings. The van der Waals surface area contributed by atoms with Gasteiger partial charge in [0, 0.05) is 0 Å². The number of rotatable bonds is 16. The van der Waals surface area contributed by atoms with E-state index in [2.05, 4.69) is 45.9 Å². The van der Waals surface area contributed by atoms with Crippen LogP contribution in [-0.4, -0.2) is 30.7 Å². The van der Waals surface area contributed by atoms with Crippen molar-refractivity contribution in [3.05, 3.63) is 34.9 Å². The molecule has 0 saturated carbocycles. The Labute approximate surface area is 190 Å². The minimum atomic E-state index is -4.65. The van der Waals surface area contributed by atoms with Crippen molar-refractivity contribution in [3.8, 4) is 0 Å². The van der Waals surface area contributed by atoms with Crippen molar-refractivity contribution in [3.63, 3.8) is 0 Å². The Bertz CT molecular complexity index is 768. The molecular weight excluding hydrogens is 435 g/mol. The second-order valence-electron chi connectivity index (χ2n) is 8.34. The van der Waals surface area contributed by atoms with Crippen molar-refractivity contribution < 1.29 is 26.6 Å². The monoisotopic (exact) mass is 478 g/mol. The Kier molecular flexibility index (Phi) is 14.1. The smallest absolute Gasteiger partial charge is 0.308 e. The highest BCUT2D eigenvalue weighted by atomic mass is 32.2. The molecule has 1 unspecified atom stereocenters. The summed E-state index contributed by atoms with van der Waals surface area (Å²) in [6.45, 7) is 13.0. The lowest BCUT2D eigenvalue weighted by Crippen LogP contribution is -2.36. The predicted octanol–water partition coefficient (Wildman–Crippen LogP) is 7.45. The maximum Gasteiger partial charge on any atom is 0.353 e. The second-order valence-corrected chi connectivity index (χ2v) is 13.0. The summed E-state index contributed by atoms with van der Waals surface area (Å²) in [5, 5.41) is 0. The van der Waals surface area contributed by atoms with E-state index in [1.807, 2.05) is 0 Å². The third kappa shape index (κ3) is 10.6. The van der Waals surface area contributed by atoms with Gasteiger partial charge in [0.2, 0.25) is 0 Å². The molecule has 0 fully saturated rings. The fraction of sp³-hybridized carbons (Fsp3) is 0.739. The molecule has 0 spiro atoms. The van der Waals surface area contributed by atoms with Gasteiger partial charge in [-0.3, -0.25) is 9.12 Å². The molecule has 6 nitrogen and oxygen atoms in total. The highest BCUT2D eigenvalue weighted by molar-refractivity contribution is 7.95. The molecule has 8 heteroatoms. The third-order valence-electron chi connectivity index (χ3n) is 5.19. The summed E-state index contributed by atoms with van der Waals surface area (Å²) in [7, 11) is -8.69. The molecular formula is C23H43O6PS. The van der Waals surface area contributed by atoms with Crippen LogP contribution in [-0.2, 0) is 23.7 Å². The van der Waals surface area contributed by atoms with E-state index < -0.39 is 22.2 Å². The van der Waals surface area contributed by atoms with Crippen molar-refractivity contribution in [2.45, 2.75) is 97.9 Å². The van der Waals surface area contributed by atoms with Gasteiger partial charge in [0.15, 0.2) is 4.49 Å². The average molecular weight is 479 g/mol.